The van der Waals surface area contributed by atoms with Crippen LogP contribution in [0.3, 0.4) is 0 Å². The zero-order chi connectivity index (χ0) is 18.4. The average Bonchev–Trinajstić information content (AvgIpc) is 2.92. The van der Waals surface area contributed by atoms with Crippen molar-refractivity contribution < 1.29 is 4.74 Å². The van der Waals surface area contributed by atoms with Gasteiger partial charge in [0, 0.05) is 15.3 Å². The third-order valence-corrected chi connectivity index (χ3v) is 5.45. The summed E-state index contributed by atoms with van der Waals surface area (Å²) in [5, 5.41) is 0.733. The zero-order valence-electron chi connectivity index (χ0n) is 15.8. The molecule has 0 amide bonds. The van der Waals surface area contributed by atoms with Crippen molar-refractivity contribution in [3.8, 4) is 5.75 Å². The second kappa shape index (κ2) is 9.26. The summed E-state index contributed by atoms with van der Waals surface area (Å²) in [5.74, 6) is 0.786. The number of halogens is 1. The fourth-order valence-electron chi connectivity index (χ4n) is 2.72. The van der Waals surface area contributed by atoms with E-state index in [1.165, 1.54) is 39.3 Å². The number of hydrogen-bond acceptors (Lipinski definition) is 2. The molecule has 0 radical (unpaired) electrons. The van der Waals surface area contributed by atoms with Crippen LogP contribution in [0.4, 0.5) is 0 Å². The summed E-state index contributed by atoms with van der Waals surface area (Å²) in [6.45, 7) is 8.67. The maximum absolute atomic E-state index is 6.57. The largest absolute Gasteiger partial charge is 0.497 e. The molecule has 0 N–H and O–H groups in total. The van der Waals surface area contributed by atoms with Gasteiger partial charge in [-0.25, -0.2) is 0 Å². The topological polar surface area (TPSA) is 9.23 Å². The Bertz CT molecular complexity index is 779. The number of thiophene rings is 1. The van der Waals surface area contributed by atoms with Crippen molar-refractivity contribution in [1.29, 1.82) is 0 Å². The minimum atomic E-state index is 0.733. The van der Waals surface area contributed by atoms with Gasteiger partial charge in [-0.15, -0.1) is 11.3 Å². The number of ether oxygens (including phenoxy) is 1. The van der Waals surface area contributed by atoms with Gasteiger partial charge in [0.1, 0.15) is 5.75 Å². The van der Waals surface area contributed by atoms with E-state index in [0.29, 0.717) is 0 Å². The fraction of sp³-hybridized carbons (Fsp3) is 0.364. The van der Waals surface area contributed by atoms with Crippen LogP contribution >= 0.6 is 22.9 Å². The smallest absolute Gasteiger partial charge is 0.120 e. The lowest BCUT2D eigenvalue weighted by atomic mass is 10.0. The molecule has 1 heterocycles. The SMILES string of the molecule is CCCC/C=C(\c1cc(C=C(C)C)c(C)s1)c1ccc(OC)cc1Cl. The van der Waals surface area contributed by atoms with Gasteiger partial charge in [0.25, 0.3) is 0 Å². The first-order valence-electron chi connectivity index (χ1n) is 8.76. The van der Waals surface area contributed by atoms with Gasteiger partial charge in [-0.3, -0.25) is 0 Å². The van der Waals surface area contributed by atoms with Gasteiger partial charge in [-0.2, -0.15) is 0 Å². The fourth-order valence-corrected chi connectivity index (χ4v) is 4.05. The molecule has 0 fully saturated rings. The first-order chi connectivity index (χ1) is 12.0. The van der Waals surface area contributed by atoms with Crippen LogP contribution in [-0.2, 0) is 0 Å². The maximum atomic E-state index is 6.57. The van der Waals surface area contributed by atoms with Crippen molar-refractivity contribution in [3.05, 3.63) is 61.8 Å². The van der Waals surface area contributed by atoms with Crippen LogP contribution in [0.2, 0.25) is 5.02 Å². The van der Waals surface area contributed by atoms with Gasteiger partial charge in [-0.05, 0) is 62.6 Å². The highest BCUT2D eigenvalue weighted by Gasteiger charge is 2.14. The first kappa shape index (κ1) is 19.8. The molecule has 0 saturated carbocycles. The predicted molar refractivity (Wildman–Crippen MR) is 113 cm³/mol. The number of allylic oxidation sites excluding steroid dienone is 2. The number of hydrogen-bond donors (Lipinski definition) is 0. The third kappa shape index (κ3) is 5.23. The summed E-state index contributed by atoms with van der Waals surface area (Å²) in [6.07, 6.45) is 8.00. The number of aryl methyl sites for hydroxylation is 1. The van der Waals surface area contributed by atoms with Crippen molar-refractivity contribution in [1.82, 2.24) is 0 Å². The van der Waals surface area contributed by atoms with E-state index in [4.69, 9.17) is 16.3 Å². The summed E-state index contributed by atoms with van der Waals surface area (Å²) >= 11 is 8.40. The molecule has 2 aromatic rings. The lowest BCUT2D eigenvalue weighted by molar-refractivity contribution is 0.415. The number of benzene rings is 1. The second-order valence-electron chi connectivity index (χ2n) is 6.45. The van der Waals surface area contributed by atoms with Gasteiger partial charge in [0.15, 0.2) is 0 Å². The number of methoxy groups -OCH3 is 1. The van der Waals surface area contributed by atoms with Gasteiger partial charge in [0.2, 0.25) is 0 Å². The highest BCUT2D eigenvalue weighted by Crippen LogP contribution is 2.37. The molecule has 0 aliphatic carbocycles. The van der Waals surface area contributed by atoms with Crippen LogP contribution in [0.5, 0.6) is 5.75 Å². The number of rotatable bonds is 7. The Kier molecular flexibility index (Phi) is 7.34. The molecule has 2 rings (SSSR count). The van der Waals surface area contributed by atoms with Crippen LogP contribution in [-0.4, -0.2) is 7.11 Å². The van der Waals surface area contributed by atoms with Gasteiger partial charge in [0.05, 0.1) is 12.1 Å². The monoisotopic (exact) mass is 374 g/mol. The van der Waals surface area contributed by atoms with Crippen molar-refractivity contribution in [2.24, 2.45) is 0 Å². The van der Waals surface area contributed by atoms with E-state index >= 15 is 0 Å². The molecular weight excluding hydrogens is 348 g/mol. The van der Waals surface area contributed by atoms with Crippen LogP contribution < -0.4 is 4.74 Å². The zero-order valence-corrected chi connectivity index (χ0v) is 17.4. The minimum absolute atomic E-state index is 0.733. The molecule has 0 bridgehead atoms. The first-order valence-corrected chi connectivity index (χ1v) is 9.95. The van der Waals surface area contributed by atoms with Gasteiger partial charge in [-0.1, -0.05) is 49.1 Å². The summed E-state index contributed by atoms with van der Waals surface area (Å²) in [7, 11) is 1.66. The predicted octanol–water partition coefficient (Wildman–Crippen LogP) is 7.76. The Morgan fingerprint density at radius 3 is 2.60 bits per heavy atom. The Labute approximate surface area is 161 Å². The van der Waals surface area contributed by atoms with E-state index in [2.05, 4.69) is 52.0 Å². The van der Waals surface area contributed by atoms with Crippen LogP contribution in [0.25, 0.3) is 11.6 Å². The highest BCUT2D eigenvalue weighted by molar-refractivity contribution is 7.13. The lowest BCUT2D eigenvalue weighted by Crippen LogP contribution is -1.90. The van der Waals surface area contributed by atoms with E-state index in [9.17, 15) is 0 Å². The molecule has 0 aliphatic rings. The summed E-state index contributed by atoms with van der Waals surface area (Å²) in [4.78, 5) is 2.61. The molecule has 0 unspecified atom stereocenters. The normalized spacial score (nSPS) is 11.5. The molecule has 0 aliphatic heterocycles. The van der Waals surface area contributed by atoms with E-state index in [0.717, 1.165) is 22.8 Å². The third-order valence-electron chi connectivity index (χ3n) is 4.04. The van der Waals surface area contributed by atoms with Crippen LogP contribution in [0.1, 0.15) is 60.9 Å². The van der Waals surface area contributed by atoms with E-state index < -0.39 is 0 Å². The molecule has 1 aromatic carbocycles. The quantitative estimate of drug-likeness (QED) is 0.450. The standard InChI is InChI=1S/C22H27ClOS/c1-6-7-8-9-20(19-11-10-18(24-5)14-21(19)23)22-13-17(12-15(2)3)16(4)25-22/h9-14H,6-8H2,1-5H3/b20-9-. The van der Waals surface area contributed by atoms with Crippen molar-refractivity contribution in [3.63, 3.8) is 0 Å². The highest BCUT2D eigenvalue weighted by atomic mass is 35.5. The molecule has 134 valence electrons. The molecular formula is C22H27ClOS. The van der Waals surface area contributed by atoms with Crippen LogP contribution in [0, 0.1) is 6.92 Å². The Balaban J connectivity index is 2.51. The molecule has 25 heavy (non-hydrogen) atoms. The summed E-state index contributed by atoms with van der Waals surface area (Å²) < 4.78 is 5.29. The summed E-state index contributed by atoms with van der Waals surface area (Å²) in [5.41, 5.74) is 4.91. The van der Waals surface area contributed by atoms with Crippen molar-refractivity contribution in [2.45, 2.75) is 47.0 Å². The number of unbranched alkanes of at least 4 members (excludes halogenated alkanes) is 2. The lowest BCUT2D eigenvalue weighted by Gasteiger charge is -2.10. The molecule has 1 nitrogen and oxygen atoms in total. The average molecular weight is 375 g/mol. The molecule has 0 atom stereocenters. The molecule has 3 heteroatoms. The van der Waals surface area contributed by atoms with Gasteiger partial charge < -0.3 is 4.74 Å². The molecule has 0 saturated heterocycles. The summed E-state index contributed by atoms with van der Waals surface area (Å²) in [6, 6.07) is 8.22. The molecule has 1 aromatic heterocycles. The minimum Gasteiger partial charge on any atom is -0.497 e. The van der Waals surface area contributed by atoms with Crippen molar-refractivity contribution >= 4 is 34.6 Å². The Morgan fingerprint density at radius 1 is 1.24 bits per heavy atom. The molecule has 0 spiro atoms. The van der Waals surface area contributed by atoms with Crippen molar-refractivity contribution in [2.75, 3.05) is 7.11 Å². The van der Waals surface area contributed by atoms with Gasteiger partial charge >= 0.3 is 0 Å². The van der Waals surface area contributed by atoms with E-state index in [1.54, 1.807) is 7.11 Å². The Morgan fingerprint density at radius 2 is 2.00 bits per heavy atom. The Hall–Kier alpha value is -1.51. The van der Waals surface area contributed by atoms with E-state index in [1.807, 2.05) is 23.5 Å². The second-order valence-corrected chi connectivity index (χ2v) is 8.11. The van der Waals surface area contributed by atoms with E-state index in [-0.39, 0.29) is 0 Å². The maximum Gasteiger partial charge on any atom is 0.120 e. The van der Waals surface area contributed by atoms with Crippen LogP contribution in [0.15, 0.2) is 35.9 Å².